The monoisotopic (exact) mass is 292 g/mol. The predicted molar refractivity (Wildman–Crippen MR) is 81.6 cm³/mol. The van der Waals surface area contributed by atoms with Crippen LogP contribution >= 0.6 is 0 Å². The lowest BCUT2D eigenvalue weighted by molar-refractivity contribution is -0.147. The molecular weight excluding hydrogens is 268 g/mol. The van der Waals surface area contributed by atoms with Crippen LogP contribution in [0.15, 0.2) is 30.3 Å². The van der Waals surface area contributed by atoms with E-state index in [0.29, 0.717) is 5.56 Å². The number of carboxylic acid groups (broad SMARTS) is 1. The highest BCUT2D eigenvalue weighted by Gasteiger charge is 2.37. The van der Waals surface area contributed by atoms with Crippen molar-refractivity contribution < 1.29 is 14.7 Å². The first-order chi connectivity index (χ1) is 9.57. The standard InChI is InChI=1S/C16H24N2O3/c1-15(2,3)12(17)10-13(19)18-16(4,14(20)21)11-8-6-5-7-9-11/h5-9,12H,10,17H2,1-4H3,(H,18,19)(H,20,21). The molecule has 0 aliphatic rings. The normalized spacial score (nSPS) is 15.9. The molecule has 1 aromatic carbocycles. The first kappa shape index (κ1) is 17.2. The molecule has 1 rings (SSSR count). The summed E-state index contributed by atoms with van der Waals surface area (Å²) in [4.78, 5) is 23.7. The molecule has 2 unspecified atom stereocenters. The largest absolute Gasteiger partial charge is 0.479 e. The second-order valence-corrected chi connectivity index (χ2v) is 6.52. The summed E-state index contributed by atoms with van der Waals surface area (Å²) < 4.78 is 0. The SMILES string of the molecule is CC(NC(=O)CC(N)C(C)(C)C)(C(=O)O)c1ccccc1. The van der Waals surface area contributed by atoms with Crippen LogP contribution in [-0.4, -0.2) is 23.0 Å². The van der Waals surface area contributed by atoms with E-state index in [1.54, 1.807) is 30.3 Å². The molecule has 5 nitrogen and oxygen atoms in total. The maximum absolute atomic E-state index is 12.1. The van der Waals surface area contributed by atoms with Crippen LogP contribution in [-0.2, 0) is 15.1 Å². The fourth-order valence-electron chi connectivity index (χ4n) is 1.86. The second-order valence-electron chi connectivity index (χ2n) is 6.52. The zero-order valence-electron chi connectivity index (χ0n) is 13.0. The Kier molecular flexibility index (Phi) is 5.12. The van der Waals surface area contributed by atoms with Crippen LogP contribution in [0.2, 0.25) is 0 Å². The van der Waals surface area contributed by atoms with Crippen LogP contribution in [0.1, 0.15) is 39.7 Å². The molecular formula is C16H24N2O3. The highest BCUT2D eigenvalue weighted by molar-refractivity contribution is 5.88. The Morgan fingerprint density at radius 1 is 1.19 bits per heavy atom. The van der Waals surface area contributed by atoms with E-state index in [1.165, 1.54) is 6.92 Å². The lowest BCUT2D eigenvalue weighted by Gasteiger charge is -2.30. The molecule has 0 saturated heterocycles. The van der Waals surface area contributed by atoms with Gasteiger partial charge in [0.05, 0.1) is 0 Å². The molecule has 0 aliphatic heterocycles. The number of rotatable bonds is 5. The predicted octanol–water partition coefficient (Wildman–Crippen LogP) is 1.87. The number of nitrogens with two attached hydrogens (primary N) is 1. The number of carbonyl (C=O) groups is 2. The molecule has 0 aromatic heterocycles. The molecule has 0 bridgehead atoms. The summed E-state index contributed by atoms with van der Waals surface area (Å²) in [5.41, 5.74) is 4.82. The van der Waals surface area contributed by atoms with E-state index < -0.39 is 11.5 Å². The third-order valence-electron chi connectivity index (χ3n) is 3.69. The molecule has 2 atom stereocenters. The van der Waals surface area contributed by atoms with E-state index >= 15 is 0 Å². The molecule has 0 spiro atoms. The zero-order valence-corrected chi connectivity index (χ0v) is 13.0. The van der Waals surface area contributed by atoms with Crippen molar-refractivity contribution in [2.24, 2.45) is 11.1 Å². The van der Waals surface area contributed by atoms with Gasteiger partial charge in [-0.15, -0.1) is 0 Å². The van der Waals surface area contributed by atoms with Crippen molar-refractivity contribution in [2.45, 2.75) is 45.7 Å². The van der Waals surface area contributed by atoms with Crippen LogP contribution in [0, 0.1) is 5.41 Å². The summed E-state index contributed by atoms with van der Waals surface area (Å²) in [7, 11) is 0. The van der Waals surface area contributed by atoms with Crippen LogP contribution in [0.25, 0.3) is 0 Å². The quantitative estimate of drug-likeness (QED) is 0.772. The molecule has 0 fully saturated rings. The van der Waals surface area contributed by atoms with E-state index in [0.717, 1.165) is 0 Å². The van der Waals surface area contributed by atoms with Gasteiger partial charge < -0.3 is 16.2 Å². The number of amides is 1. The Bertz CT molecular complexity index is 508. The van der Waals surface area contributed by atoms with E-state index in [2.05, 4.69) is 5.32 Å². The molecule has 116 valence electrons. The molecule has 1 amide bonds. The number of hydrogen-bond donors (Lipinski definition) is 3. The van der Waals surface area contributed by atoms with Gasteiger partial charge in [0.25, 0.3) is 0 Å². The first-order valence-corrected chi connectivity index (χ1v) is 6.93. The molecule has 0 saturated carbocycles. The van der Waals surface area contributed by atoms with Gasteiger partial charge in [0.15, 0.2) is 5.54 Å². The lowest BCUT2D eigenvalue weighted by Crippen LogP contribution is -2.51. The Morgan fingerprint density at radius 3 is 2.14 bits per heavy atom. The van der Waals surface area contributed by atoms with E-state index in [1.807, 2.05) is 20.8 Å². The molecule has 0 heterocycles. The molecule has 0 radical (unpaired) electrons. The maximum Gasteiger partial charge on any atom is 0.333 e. The highest BCUT2D eigenvalue weighted by Crippen LogP contribution is 2.23. The molecule has 0 aliphatic carbocycles. The van der Waals surface area contributed by atoms with E-state index in [9.17, 15) is 14.7 Å². The summed E-state index contributed by atoms with van der Waals surface area (Å²) in [6.07, 6.45) is 0.0825. The Hall–Kier alpha value is -1.88. The van der Waals surface area contributed by atoms with Gasteiger partial charge in [-0.2, -0.15) is 0 Å². The summed E-state index contributed by atoms with van der Waals surface area (Å²) in [6, 6.07) is 8.29. The van der Waals surface area contributed by atoms with Gasteiger partial charge in [0.2, 0.25) is 5.91 Å². The Balaban J connectivity index is 2.90. The van der Waals surface area contributed by atoms with Crippen molar-refractivity contribution in [1.82, 2.24) is 5.32 Å². The number of benzene rings is 1. The first-order valence-electron chi connectivity index (χ1n) is 6.93. The van der Waals surface area contributed by atoms with Crippen molar-refractivity contribution in [3.8, 4) is 0 Å². The van der Waals surface area contributed by atoms with Crippen molar-refractivity contribution in [1.29, 1.82) is 0 Å². The third kappa shape index (κ3) is 4.29. The number of carboxylic acids is 1. The van der Waals surface area contributed by atoms with Gasteiger partial charge in [0, 0.05) is 12.5 Å². The number of nitrogens with one attached hydrogen (secondary N) is 1. The summed E-state index contributed by atoms with van der Waals surface area (Å²) in [6.45, 7) is 7.31. The average Bonchev–Trinajstić information content (AvgIpc) is 2.38. The van der Waals surface area contributed by atoms with Gasteiger partial charge in [0.1, 0.15) is 0 Å². The molecule has 5 heteroatoms. The van der Waals surface area contributed by atoms with E-state index in [-0.39, 0.29) is 23.8 Å². The van der Waals surface area contributed by atoms with Crippen molar-refractivity contribution in [3.05, 3.63) is 35.9 Å². The minimum Gasteiger partial charge on any atom is -0.479 e. The molecule has 21 heavy (non-hydrogen) atoms. The number of aliphatic carboxylic acids is 1. The van der Waals surface area contributed by atoms with Gasteiger partial charge in [-0.3, -0.25) is 4.79 Å². The summed E-state index contributed by atoms with van der Waals surface area (Å²) >= 11 is 0. The number of carbonyl (C=O) groups excluding carboxylic acids is 1. The lowest BCUT2D eigenvalue weighted by atomic mass is 9.85. The maximum atomic E-state index is 12.1. The van der Waals surface area contributed by atoms with Crippen LogP contribution in [0.5, 0.6) is 0 Å². The highest BCUT2D eigenvalue weighted by atomic mass is 16.4. The fourth-order valence-corrected chi connectivity index (χ4v) is 1.86. The number of hydrogen-bond acceptors (Lipinski definition) is 3. The van der Waals surface area contributed by atoms with Crippen molar-refractivity contribution >= 4 is 11.9 Å². The average molecular weight is 292 g/mol. The minimum atomic E-state index is -1.46. The molecule has 1 aromatic rings. The third-order valence-corrected chi connectivity index (χ3v) is 3.69. The topological polar surface area (TPSA) is 92.4 Å². The van der Waals surface area contributed by atoms with Gasteiger partial charge in [-0.1, -0.05) is 51.1 Å². The van der Waals surface area contributed by atoms with Gasteiger partial charge in [-0.05, 0) is 17.9 Å². The van der Waals surface area contributed by atoms with Crippen LogP contribution < -0.4 is 11.1 Å². The second kappa shape index (κ2) is 6.26. The van der Waals surface area contributed by atoms with Crippen molar-refractivity contribution in [2.75, 3.05) is 0 Å². The molecule has 4 N–H and O–H groups in total. The van der Waals surface area contributed by atoms with Gasteiger partial charge in [-0.25, -0.2) is 4.79 Å². The smallest absolute Gasteiger partial charge is 0.333 e. The minimum absolute atomic E-state index is 0.0825. The Morgan fingerprint density at radius 2 is 1.71 bits per heavy atom. The summed E-state index contributed by atoms with van der Waals surface area (Å²) in [5.74, 6) is -1.47. The summed E-state index contributed by atoms with van der Waals surface area (Å²) in [5, 5.41) is 12.1. The zero-order chi connectivity index (χ0) is 16.3. The fraction of sp³-hybridized carbons (Fsp3) is 0.500. The van der Waals surface area contributed by atoms with Crippen LogP contribution in [0.3, 0.4) is 0 Å². The van der Waals surface area contributed by atoms with E-state index in [4.69, 9.17) is 5.73 Å². The Labute approximate surface area is 125 Å². The van der Waals surface area contributed by atoms with Crippen LogP contribution in [0.4, 0.5) is 0 Å². The van der Waals surface area contributed by atoms with Crippen molar-refractivity contribution in [3.63, 3.8) is 0 Å². The van der Waals surface area contributed by atoms with Gasteiger partial charge >= 0.3 is 5.97 Å².